The van der Waals surface area contributed by atoms with Gasteiger partial charge in [-0.2, -0.15) is 0 Å². The molecule has 0 bridgehead atoms. The number of methoxy groups -OCH3 is 1. The lowest BCUT2D eigenvalue weighted by molar-refractivity contribution is 0.407. The molecule has 0 atom stereocenters. The van der Waals surface area contributed by atoms with Gasteiger partial charge in [0.2, 0.25) is 0 Å². The molecule has 2 aromatic carbocycles. The van der Waals surface area contributed by atoms with Gasteiger partial charge in [0, 0.05) is 6.07 Å². The third-order valence-electron chi connectivity index (χ3n) is 2.51. The Hall–Kier alpha value is -2.46. The van der Waals surface area contributed by atoms with Crippen molar-refractivity contribution < 1.29 is 20.4 Å². The molecule has 4 heteroatoms. The standard InChI is InChI=1S/C15H14O3.H2O/c1-18-15-9-12(8-14(17)10-15)3-2-11-4-6-13(16)7-5-11;/h2-10,16-17H,1H3;1H2/b3-2+;. The summed E-state index contributed by atoms with van der Waals surface area (Å²) in [5.74, 6) is 1.02. The van der Waals surface area contributed by atoms with Gasteiger partial charge >= 0.3 is 0 Å². The zero-order valence-corrected chi connectivity index (χ0v) is 10.5. The number of rotatable bonds is 3. The van der Waals surface area contributed by atoms with E-state index in [1.165, 1.54) is 0 Å². The largest absolute Gasteiger partial charge is 0.508 e. The summed E-state index contributed by atoms with van der Waals surface area (Å²) in [7, 11) is 1.56. The van der Waals surface area contributed by atoms with Gasteiger partial charge in [0.25, 0.3) is 0 Å². The van der Waals surface area contributed by atoms with Gasteiger partial charge in [-0.15, -0.1) is 0 Å². The molecule has 0 aliphatic carbocycles. The van der Waals surface area contributed by atoms with Crippen LogP contribution in [0, 0.1) is 0 Å². The minimum atomic E-state index is 0. The van der Waals surface area contributed by atoms with Crippen molar-refractivity contribution in [3.05, 3.63) is 53.6 Å². The van der Waals surface area contributed by atoms with Crippen molar-refractivity contribution in [1.82, 2.24) is 0 Å². The predicted molar refractivity (Wildman–Crippen MR) is 75.3 cm³/mol. The Morgan fingerprint density at radius 2 is 1.47 bits per heavy atom. The van der Waals surface area contributed by atoms with E-state index in [1.54, 1.807) is 31.4 Å². The maximum absolute atomic E-state index is 9.51. The second-order valence-corrected chi connectivity index (χ2v) is 3.89. The zero-order chi connectivity index (χ0) is 13.0. The Morgan fingerprint density at radius 3 is 2.11 bits per heavy atom. The van der Waals surface area contributed by atoms with Gasteiger partial charge < -0.3 is 20.4 Å². The quantitative estimate of drug-likeness (QED) is 0.832. The summed E-state index contributed by atoms with van der Waals surface area (Å²) in [4.78, 5) is 0. The minimum absolute atomic E-state index is 0. The Balaban J connectivity index is 0.00000180. The summed E-state index contributed by atoms with van der Waals surface area (Å²) >= 11 is 0. The number of ether oxygens (including phenoxy) is 1. The minimum Gasteiger partial charge on any atom is -0.508 e. The van der Waals surface area contributed by atoms with Crippen molar-refractivity contribution in [2.45, 2.75) is 0 Å². The summed E-state index contributed by atoms with van der Waals surface area (Å²) in [6, 6.07) is 11.9. The zero-order valence-electron chi connectivity index (χ0n) is 10.5. The maximum Gasteiger partial charge on any atom is 0.123 e. The second kappa shape index (κ2) is 6.47. The van der Waals surface area contributed by atoms with Crippen molar-refractivity contribution in [1.29, 1.82) is 0 Å². The topological polar surface area (TPSA) is 81.2 Å². The predicted octanol–water partition coefficient (Wildman–Crippen LogP) is 2.45. The van der Waals surface area contributed by atoms with Crippen LogP contribution < -0.4 is 4.74 Å². The third kappa shape index (κ3) is 4.04. The molecule has 4 N–H and O–H groups in total. The fourth-order valence-corrected chi connectivity index (χ4v) is 1.60. The van der Waals surface area contributed by atoms with Gasteiger partial charge in [0.1, 0.15) is 17.2 Å². The highest BCUT2D eigenvalue weighted by Crippen LogP contribution is 2.23. The highest BCUT2D eigenvalue weighted by atomic mass is 16.5. The highest BCUT2D eigenvalue weighted by Gasteiger charge is 1.97. The number of hydrogen-bond donors (Lipinski definition) is 2. The fourth-order valence-electron chi connectivity index (χ4n) is 1.60. The number of benzene rings is 2. The monoisotopic (exact) mass is 260 g/mol. The molecule has 100 valence electrons. The molecule has 0 unspecified atom stereocenters. The van der Waals surface area contributed by atoms with E-state index < -0.39 is 0 Å². The van der Waals surface area contributed by atoms with Crippen LogP contribution in [0.15, 0.2) is 42.5 Å². The molecule has 0 spiro atoms. The normalized spacial score (nSPS) is 10.2. The van der Waals surface area contributed by atoms with Gasteiger partial charge in [-0.05, 0) is 35.4 Å². The van der Waals surface area contributed by atoms with Gasteiger partial charge in [0.05, 0.1) is 7.11 Å². The first-order chi connectivity index (χ1) is 8.67. The van der Waals surface area contributed by atoms with E-state index in [2.05, 4.69) is 0 Å². The first-order valence-corrected chi connectivity index (χ1v) is 5.52. The summed E-state index contributed by atoms with van der Waals surface area (Å²) in [6.45, 7) is 0. The van der Waals surface area contributed by atoms with E-state index >= 15 is 0 Å². The lowest BCUT2D eigenvalue weighted by Gasteiger charge is -2.02. The Kier molecular flexibility index (Phi) is 4.97. The molecule has 19 heavy (non-hydrogen) atoms. The Bertz CT molecular complexity index is 559. The molecule has 0 amide bonds. The molecule has 0 saturated carbocycles. The molecule has 0 fully saturated rings. The maximum atomic E-state index is 9.51. The van der Waals surface area contributed by atoms with Crippen molar-refractivity contribution >= 4 is 12.2 Å². The number of phenols is 2. The van der Waals surface area contributed by atoms with Gasteiger partial charge in [-0.25, -0.2) is 0 Å². The molecule has 2 rings (SSSR count). The smallest absolute Gasteiger partial charge is 0.123 e. The Labute approximate surface area is 111 Å². The number of hydrogen-bond acceptors (Lipinski definition) is 3. The van der Waals surface area contributed by atoms with Crippen LogP contribution in [-0.4, -0.2) is 22.8 Å². The summed E-state index contributed by atoms with van der Waals surface area (Å²) in [6.07, 6.45) is 3.77. The van der Waals surface area contributed by atoms with Crippen LogP contribution in [0.25, 0.3) is 12.2 Å². The van der Waals surface area contributed by atoms with E-state index in [0.717, 1.165) is 11.1 Å². The second-order valence-electron chi connectivity index (χ2n) is 3.89. The summed E-state index contributed by atoms with van der Waals surface area (Å²) < 4.78 is 5.08. The first-order valence-electron chi connectivity index (χ1n) is 5.52. The van der Waals surface area contributed by atoms with E-state index in [-0.39, 0.29) is 17.0 Å². The molecule has 0 aromatic heterocycles. The fraction of sp³-hybridized carbons (Fsp3) is 0.0667. The highest BCUT2D eigenvalue weighted by molar-refractivity contribution is 5.71. The third-order valence-corrected chi connectivity index (χ3v) is 2.51. The van der Waals surface area contributed by atoms with E-state index in [4.69, 9.17) is 4.74 Å². The SMILES string of the molecule is COc1cc(O)cc(/C=C/c2ccc(O)cc2)c1.O. The van der Waals surface area contributed by atoms with Crippen molar-refractivity contribution in [3.8, 4) is 17.2 Å². The molecule has 4 nitrogen and oxygen atoms in total. The van der Waals surface area contributed by atoms with Gasteiger partial charge in [-0.1, -0.05) is 24.3 Å². The molecule has 2 aromatic rings. The van der Waals surface area contributed by atoms with Gasteiger partial charge in [0.15, 0.2) is 0 Å². The molecular weight excluding hydrogens is 244 g/mol. The van der Waals surface area contributed by atoms with Crippen LogP contribution in [0.3, 0.4) is 0 Å². The number of aromatic hydroxyl groups is 2. The molecule has 0 saturated heterocycles. The van der Waals surface area contributed by atoms with Crippen molar-refractivity contribution in [2.24, 2.45) is 0 Å². The summed E-state index contributed by atoms with van der Waals surface area (Å²) in [5.41, 5.74) is 1.81. The van der Waals surface area contributed by atoms with Crippen LogP contribution in [-0.2, 0) is 0 Å². The Morgan fingerprint density at radius 1 is 0.842 bits per heavy atom. The van der Waals surface area contributed by atoms with Crippen molar-refractivity contribution in [2.75, 3.05) is 7.11 Å². The van der Waals surface area contributed by atoms with Crippen LogP contribution in [0.5, 0.6) is 17.2 Å². The lowest BCUT2D eigenvalue weighted by Crippen LogP contribution is -1.83. The van der Waals surface area contributed by atoms with E-state index in [0.29, 0.717) is 5.75 Å². The van der Waals surface area contributed by atoms with E-state index in [1.807, 2.05) is 30.4 Å². The molecular formula is C15H16O4. The molecule has 0 aliphatic heterocycles. The van der Waals surface area contributed by atoms with Gasteiger partial charge in [-0.3, -0.25) is 0 Å². The average Bonchev–Trinajstić information content (AvgIpc) is 2.37. The molecule has 0 radical (unpaired) electrons. The lowest BCUT2D eigenvalue weighted by atomic mass is 10.1. The van der Waals surface area contributed by atoms with Crippen LogP contribution >= 0.6 is 0 Å². The van der Waals surface area contributed by atoms with Crippen LogP contribution in [0.2, 0.25) is 0 Å². The molecule has 0 heterocycles. The first kappa shape index (κ1) is 14.6. The molecule has 0 aliphatic rings. The number of phenolic OH excluding ortho intramolecular Hbond substituents is 2. The van der Waals surface area contributed by atoms with Crippen LogP contribution in [0.1, 0.15) is 11.1 Å². The van der Waals surface area contributed by atoms with Crippen LogP contribution in [0.4, 0.5) is 0 Å². The average molecular weight is 260 g/mol. The van der Waals surface area contributed by atoms with Crippen molar-refractivity contribution in [3.63, 3.8) is 0 Å². The summed E-state index contributed by atoms with van der Waals surface area (Å²) in [5, 5.41) is 18.7. The van der Waals surface area contributed by atoms with E-state index in [9.17, 15) is 10.2 Å².